The van der Waals surface area contributed by atoms with E-state index >= 15 is 0 Å². The summed E-state index contributed by atoms with van der Waals surface area (Å²) in [6.45, 7) is 2.89. The Balaban J connectivity index is 0.000000218. The lowest BCUT2D eigenvalue weighted by Crippen LogP contribution is -2.43. The van der Waals surface area contributed by atoms with Crippen LogP contribution in [0.5, 0.6) is 0 Å². The Hall–Kier alpha value is -0.880. The van der Waals surface area contributed by atoms with Crippen molar-refractivity contribution >= 4 is 0 Å². The van der Waals surface area contributed by atoms with Gasteiger partial charge in [0.25, 0.3) is 5.09 Å². The van der Waals surface area contributed by atoms with Crippen LogP contribution in [0.25, 0.3) is 0 Å². The SMILES string of the molecule is CC1(CO)CCO1.O=[N+]([O-])O. The van der Waals surface area contributed by atoms with Gasteiger partial charge in [0.05, 0.1) is 18.8 Å². The molecule has 0 aliphatic carbocycles. The lowest BCUT2D eigenvalue weighted by molar-refractivity contribution is -0.742. The molecule has 0 amide bonds. The van der Waals surface area contributed by atoms with E-state index in [-0.39, 0.29) is 12.2 Å². The molecule has 1 aliphatic heterocycles. The first-order chi connectivity index (χ1) is 5.00. The van der Waals surface area contributed by atoms with E-state index in [9.17, 15) is 0 Å². The second-order valence-electron chi connectivity index (χ2n) is 2.44. The summed E-state index contributed by atoms with van der Waals surface area (Å²) in [6, 6.07) is 0. The van der Waals surface area contributed by atoms with E-state index in [2.05, 4.69) is 0 Å². The van der Waals surface area contributed by atoms with Crippen molar-refractivity contribution in [1.29, 1.82) is 0 Å². The average Bonchev–Trinajstić information content (AvgIpc) is 1.82. The third-order valence-electron chi connectivity index (χ3n) is 1.42. The minimum Gasteiger partial charge on any atom is -0.393 e. The molecule has 6 heteroatoms. The van der Waals surface area contributed by atoms with E-state index in [4.69, 9.17) is 25.2 Å². The van der Waals surface area contributed by atoms with Gasteiger partial charge >= 0.3 is 0 Å². The fourth-order valence-corrected chi connectivity index (χ4v) is 0.575. The zero-order chi connectivity index (χ0) is 8.91. The quantitative estimate of drug-likeness (QED) is 0.415. The Kier molecular flexibility index (Phi) is 3.77. The summed E-state index contributed by atoms with van der Waals surface area (Å²) < 4.78 is 5.02. The van der Waals surface area contributed by atoms with Gasteiger partial charge in [-0.15, -0.1) is 10.1 Å². The van der Waals surface area contributed by atoms with Crippen molar-refractivity contribution in [2.45, 2.75) is 18.9 Å². The second kappa shape index (κ2) is 4.09. The highest BCUT2D eigenvalue weighted by atomic mass is 16.9. The Morgan fingerprint density at radius 3 is 2.18 bits per heavy atom. The maximum Gasteiger partial charge on any atom is 0.291 e. The van der Waals surface area contributed by atoms with Crippen LogP contribution in [0.3, 0.4) is 0 Å². The summed E-state index contributed by atoms with van der Waals surface area (Å²) in [6.07, 6.45) is 1.00. The van der Waals surface area contributed by atoms with E-state index in [1.165, 1.54) is 0 Å². The van der Waals surface area contributed by atoms with Gasteiger partial charge in [-0.25, -0.2) is 0 Å². The topological polar surface area (TPSA) is 92.8 Å². The highest BCUT2D eigenvalue weighted by Gasteiger charge is 2.31. The largest absolute Gasteiger partial charge is 0.393 e. The number of hydrogen-bond donors (Lipinski definition) is 2. The molecular weight excluding hydrogens is 154 g/mol. The van der Waals surface area contributed by atoms with Gasteiger partial charge in [0.15, 0.2) is 0 Å². The molecule has 66 valence electrons. The van der Waals surface area contributed by atoms with Crippen LogP contribution in [-0.4, -0.2) is 34.2 Å². The number of aliphatic hydroxyl groups excluding tert-OH is 1. The fourth-order valence-electron chi connectivity index (χ4n) is 0.575. The van der Waals surface area contributed by atoms with Crippen molar-refractivity contribution in [1.82, 2.24) is 0 Å². The molecule has 11 heavy (non-hydrogen) atoms. The van der Waals surface area contributed by atoms with Gasteiger partial charge in [0.1, 0.15) is 0 Å². The molecule has 1 heterocycles. The number of nitrogens with zero attached hydrogens (tertiary/aromatic N) is 1. The molecule has 0 spiro atoms. The summed E-state index contributed by atoms with van der Waals surface area (Å²) in [7, 11) is 0. The Morgan fingerprint density at radius 1 is 1.82 bits per heavy atom. The number of aliphatic hydroxyl groups is 1. The minimum atomic E-state index is -1.50. The fraction of sp³-hybridized carbons (Fsp3) is 1.00. The van der Waals surface area contributed by atoms with Crippen molar-refractivity contribution in [3.8, 4) is 0 Å². The molecule has 0 aromatic rings. The molecule has 0 radical (unpaired) electrons. The smallest absolute Gasteiger partial charge is 0.291 e. The van der Waals surface area contributed by atoms with Crippen LogP contribution in [0.1, 0.15) is 13.3 Å². The lowest BCUT2D eigenvalue weighted by atomic mass is 9.99. The van der Waals surface area contributed by atoms with Gasteiger partial charge in [-0.3, -0.25) is 0 Å². The van der Waals surface area contributed by atoms with Crippen molar-refractivity contribution in [3.05, 3.63) is 10.1 Å². The lowest BCUT2D eigenvalue weighted by Gasteiger charge is -2.36. The van der Waals surface area contributed by atoms with E-state index < -0.39 is 5.09 Å². The molecule has 0 saturated carbocycles. The summed E-state index contributed by atoms with van der Waals surface area (Å²) in [5.74, 6) is 0. The van der Waals surface area contributed by atoms with Gasteiger partial charge in [-0.05, 0) is 6.92 Å². The maximum absolute atomic E-state index is 8.52. The van der Waals surface area contributed by atoms with Gasteiger partial charge in [-0.1, -0.05) is 0 Å². The van der Waals surface area contributed by atoms with Crippen LogP contribution in [0.15, 0.2) is 0 Å². The van der Waals surface area contributed by atoms with Crippen LogP contribution < -0.4 is 0 Å². The third kappa shape index (κ3) is 4.51. The van der Waals surface area contributed by atoms with E-state index in [1.807, 2.05) is 6.92 Å². The van der Waals surface area contributed by atoms with Crippen molar-refractivity contribution in [3.63, 3.8) is 0 Å². The second-order valence-corrected chi connectivity index (χ2v) is 2.44. The number of rotatable bonds is 1. The van der Waals surface area contributed by atoms with Crippen LogP contribution in [-0.2, 0) is 4.74 Å². The zero-order valence-corrected chi connectivity index (χ0v) is 6.19. The highest BCUT2D eigenvalue weighted by molar-refractivity contribution is 4.80. The predicted octanol–water partition coefficient (Wildman–Crippen LogP) is -0.190. The first kappa shape index (κ1) is 10.1. The van der Waals surface area contributed by atoms with Crippen LogP contribution >= 0.6 is 0 Å². The molecule has 1 rings (SSSR count). The molecule has 1 aliphatic rings. The maximum atomic E-state index is 8.52. The first-order valence-electron chi connectivity index (χ1n) is 3.08. The van der Waals surface area contributed by atoms with Crippen molar-refractivity contribution < 1.29 is 20.1 Å². The third-order valence-corrected chi connectivity index (χ3v) is 1.42. The molecule has 0 aromatic heterocycles. The van der Waals surface area contributed by atoms with E-state index in [1.54, 1.807) is 0 Å². The first-order valence-corrected chi connectivity index (χ1v) is 3.08. The summed E-state index contributed by atoms with van der Waals surface area (Å²) in [5, 5.41) is 22.2. The minimum absolute atomic E-state index is 0.160. The average molecular weight is 165 g/mol. The standard InChI is InChI=1S/C5H10O2.HNO3/c1-5(4-6)2-3-7-5;2-1(3)4/h6H,2-4H2,1H3;(H,2,3,4). The summed E-state index contributed by atoms with van der Waals surface area (Å²) in [4.78, 5) is 8.36. The molecule has 2 N–H and O–H groups in total. The van der Waals surface area contributed by atoms with Crippen LogP contribution in [0.2, 0.25) is 0 Å². The van der Waals surface area contributed by atoms with E-state index in [0.717, 1.165) is 13.0 Å². The van der Waals surface area contributed by atoms with Gasteiger partial charge in [-0.2, -0.15) is 0 Å². The number of hydrogen-bond acceptors (Lipinski definition) is 4. The van der Waals surface area contributed by atoms with Gasteiger partial charge in [0, 0.05) is 6.42 Å². The van der Waals surface area contributed by atoms with Gasteiger partial charge in [0.2, 0.25) is 0 Å². The van der Waals surface area contributed by atoms with Gasteiger partial charge < -0.3 is 15.1 Å². The van der Waals surface area contributed by atoms with Crippen molar-refractivity contribution in [2.75, 3.05) is 13.2 Å². The summed E-state index contributed by atoms with van der Waals surface area (Å²) >= 11 is 0. The Bertz CT molecular complexity index is 123. The predicted molar refractivity (Wildman–Crippen MR) is 34.8 cm³/mol. The zero-order valence-electron chi connectivity index (χ0n) is 6.19. The molecule has 6 nitrogen and oxygen atoms in total. The van der Waals surface area contributed by atoms with Crippen molar-refractivity contribution in [2.24, 2.45) is 0 Å². The molecule has 1 fully saturated rings. The molecule has 1 saturated heterocycles. The highest BCUT2D eigenvalue weighted by Crippen LogP contribution is 2.23. The monoisotopic (exact) mass is 165 g/mol. The summed E-state index contributed by atoms with van der Waals surface area (Å²) in [5.41, 5.74) is -0.181. The van der Waals surface area contributed by atoms with E-state index in [0.29, 0.717) is 0 Å². The Labute approximate surface area is 63.5 Å². The Morgan fingerprint density at radius 2 is 2.18 bits per heavy atom. The molecular formula is C5H11NO5. The normalized spacial score (nSPS) is 27.8. The van der Waals surface area contributed by atoms with Crippen LogP contribution in [0.4, 0.5) is 0 Å². The molecule has 1 unspecified atom stereocenters. The molecule has 0 bridgehead atoms. The van der Waals surface area contributed by atoms with Crippen LogP contribution in [0, 0.1) is 10.1 Å². The number of ether oxygens (including phenoxy) is 1. The molecule has 0 aromatic carbocycles. The molecule has 1 atom stereocenters.